The molecule has 0 radical (unpaired) electrons. The van der Waals surface area contributed by atoms with E-state index in [4.69, 9.17) is 13.8 Å². The minimum Gasteiger partial charge on any atom is -0.351 e. The van der Waals surface area contributed by atoms with Crippen LogP contribution in [0, 0.1) is 0 Å². The summed E-state index contributed by atoms with van der Waals surface area (Å²) >= 11 is 0. The first-order valence-electron chi connectivity index (χ1n) is 4.68. The summed E-state index contributed by atoms with van der Waals surface area (Å²) in [5, 5.41) is 2.37. The summed E-state index contributed by atoms with van der Waals surface area (Å²) in [4.78, 5) is 10.8. The van der Waals surface area contributed by atoms with Crippen LogP contribution in [0.4, 0.5) is 0 Å². The first-order chi connectivity index (χ1) is 7.00. The van der Waals surface area contributed by atoms with Crippen molar-refractivity contribution in [2.24, 2.45) is 0 Å². The van der Waals surface area contributed by atoms with Crippen LogP contribution < -0.4 is 5.32 Å². The van der Waals surface area contributed by atoms with Gasteiger partial charge in [0.2, 0.25) is 11.9 Å². The average molecular weight is 239 g/mol. The summed E-state index contributed by atoms with van der Waals surface area (Å²) in [7, 11) is -2.11. The summed E-state index contributed by atoms with van der Waals surface area (Å²) in [5.74, 6) is -1.42. The Morgan fingerprint density at radius 2 is 1.80 bits per heavy atom. The van der Waals surface area contributed by atoms with Crippen molar-refractivity contribution in [3.63, 3.8) is 0 Å². The summed E-state index contributed by atoms with van der Waals surface area (Å²) < 4.78 is 27.0. The number of ether oxygens (including phenoxy) is 1. The highest BCUT2D eigenvalue weighted by atomic mass is 31.2. The monoisotopic (exact) mass is 239 g/mol. The van der Waals surface area contributed by atoms with E-state index in [1.165, 1.54) is 14.0 Å². The third kappa shape index (κ3) is 4.75. The molecule has 0 aromatic rings. The highest BCUT2D eigenvalue weighted by Crippen LogP contribution is 2.52. The summed E-state index contributed by atoms with van der Waals surface area (Å²) in [5.41, 5.74) is 0. The van der Waals surface area contributed by atoms with Crippen LogP contribution in [0.1, 0.15) is 20.8 Å². The molecule has 0 saturated carbocycles. The second kappa shape index (κ2) is 6.95. The van der Waals surface area contributed by atoms with E-state index in [0.717, 1.165) is 0 Å². The molecule has 0 aromatic heterocycles. The Kier molecular flexibility index (Phi) is 6.76. The van der Waals surface area contributed by atoms with Gasteiger partial charge in [-0.2, -0.15) is 0 Å². The fourth-order valence-corrected chi connectivity index (χ4v) is 2.64. The molecule has 0 fully saturated rings. The zero-order valence-electron chi connectivity index (χ0n) is 9.48. The molecule has 0 bridgehead atoms. The zero-order valence-corrected chi connectivity index (χ0v) is 10.4. The highest BCUT2D eigenvalue weighted by molar-refractivity contribution is 7.54. The minimum absolute atomic E-state index is 0.219. The number of nitrogens with one attached hydrogen (secondary N) is 1. The third-order valence-corrected chi connectivity index (χ3v) is 3.61. The predicted molar refractivity (Wildman–Crippen MR) is 55.5 cm³/mol. The number of amides is 1. The van der Waals surface area contributed by atoms with E-state index in [1.807, 2.05) is 0 Å². The lowest BCUT2D eigenvalue weighted by Gasteiger charge is -2.24. The van der Waals surface area contributed by atoms with Crippen LogP contribution in [0.15, 0.2) is 0 Å². The topological polar surface area (TPSA) is 73.9 Å². The van der Waals surface area contributed by atoms with Crippen molar-refractivity contribution in [3.05, 3.63) is 0 Å². The SMILES string of the molecule is CCOP(=O)(OCC)C(NC(C)=O)OC. The number of hydrogen-bond acceptors (Lipinski definition) is 5. The Hall–Kier alpha value is -0.420. The smallest absolute Gasteiger partial charge is 0.351 e. The van der Waals surface area contributed by atoms with Gasteiger partial charge < -0.3 is 19.1 Å². The normalized spacial score (nSPS) is 13.6. The van der Waals surface area contributed by atoms with E-state index < -0.39 is 13.6 Å². The molecule has 1 amide bonds. The van der Waals surface area contributed by atoms with E-state index in [9.17, 15) is 9.36 Å². The minimum atomic E-state index is -3.44. The zero-order chi connectivity index (χ0) is 11.9. The maximum atomic E-state index is 12.1. The van der Waals surface area contributed by atoms with Crippen LogP contribution in [0.3, 0.4) is 0 Å². The molecule has 0 spiro atoms. The molecular formula is C8H18NO5P. The second-order valence-electron chi connectivity index (χ2n) is 2.66. The Balaban J connectivity index is 4.68. The molecule has 0 aliphatic rings. The first kappa shape index (κ1) is 14.6. The maximum absolute atomic E-state index is 12.1. The number of carbonyl (C=O) groups is 1. The van der Waals surface area contributed by atoms with Crippen molar-refractivity contribution in [1.82, 2.24) is 5.32 Å². The summed E-state index contributed by atoms with van der Waals surface area (Å²) in [6.45, 7) is 5.11. The van der Waals surface area contributed by atoms with Crippen LogP contribution in [-0.4, -0.2) is 32.2 Å². The van der Waals surface area contributed by atoms with Gasteiger partial charge in [0.25, 0.3) is 0 Å². The lowest BCUT2D eigenvalue weighted by Crippen LogP contribution is -2.35. The van der Waals surface area contributed by atoms with Gasteiger partial charge in [-0.05, 0) is 13.8 Å². The molecule has 0 saturated heterocycles. The van der Waals surface area contributed by atoms with E-state index in [2.05, 4.69) is 5.32 Å². The Bertz CT molecular complexity index is 235. The van der Waals surface area contributed by atoms with Gasteiger partial charge in [0.05, 0.1) is 13.2 Å². The molecule has 1 N–H and O–H groups in total. The largest absolute Gasteiger partial charge is 0.379 e. The fraction of sp³-hybridized carbons (Fsp3) is 0.875. The first-order valence-corrected chi connectivity index (χ1v) is 6.30. The Morgan fingerprint density at radius 3 is 2.07 bits per heavy atom. The summed E-state index contributed by atoms with van der Waals surface area (Å²) in [6.07, 6.45) is 0. The molecule has 0 aromatic carbocycles. The van der Waals surface area contributed by atoms with Crippen LogP contribution in [0.25, 0.3) is 0 Å². The predicted octanol–water partition coefficient (Wildman–Crippen LogP) is 1.32. The number of carbonyl (C=O) groups excluding carboxylic acids is 1. The molecule has 0 aliphatic heterocycles. The summed E-state index contributed by atoms with van der Waals surface area (Å²) in [6, 6.07) is 0. The van der Waals surface area contributed by atoms with Crippen molar-refractivity contribution in [1.29, 1.82) is 0 Å². The van der Waals surface area contributed by atoms with E-state index in [0.29, 0.717) is 0 Å². The third-order valence-electron chi connectivity index (χ3n) is 1.46. The van der Waals surface area contributed by atoms with Crippen molar-refractivity contribution in [2.75, 3.05) is 20.3 Å². The van der Waals surface area contributed by atoms with Crippen LogP contribution >= 0.6 is 7.60 Å². The van der Waals surface area contributed by atoms with Crippen LogP contribution in [-0.2, 0) is 23.1 Å². The van der Waals surface area contributed by atoms with Crippen molar-refractivity contribution >= 4 is 13.5 Å². The number of hydrogen-bond donors (Lipinski definition) is 1. The molecule has 1 unspecified atom stereocenters. The average Bonchev–Trinajstić information content (AvgIpc) is 2.14. The highest BCUT2D eigenvalue weighted by Gasteiger charge is 2.36. The second-order valence-corrected chi connectivity index (χ2v) is 4.73. The number of rotatable bonds is 7. The molecule has 6 nitrogen and oxygen atoms in total. The molecule has 7 heteroatoms. The Labute approximate surface area is 89.8 Å². The molecule has 90 valence electrons. The van der Waals surface area contributed by atoms with Crippen LogP contribution in [0.2, 0.25) is 0 Å². The fourth-order valence-electron chi connectivity index (χ4n) is 0.974. The van der Waals surface area contributed by atoms with Crippen molar-refractivity contribution < 1.29 is 23.1 Å². The lowest BCUT2D eigenvalue weighted by molar-refractivity contribution is -0.121. The van der Waals surface area contributed by atoms with Crippen LogP contribution in [0.5, 0.6) is 0 Å². The maximum Gasteiger partial charge on any atom is 0.379 e. The van der Waals surface area contributed by atoms with Gasteiger partial charge >= 0.3 is 7.60 Å². The van der Waals surface area contributed by atoms with Gasteiger partial charge in [0.1, 0.15) is 0 Å². The quantitative estimate of drug-likeness (QED) is 0.535. The molecular weight excluding hydrogens is 221 g/mol. The molecule has 15 heavy (non-hydrogen) atoms. The Morgan fingerprint density at radius 1 is 1.33 bits per heavy atom. The van der Waals surface area contributed by atoms with Gasteiger partial charge in [-0.1, -0.05) is 0 Å². The van der Waals surface area contributed by atoms with Gasteiger partial charge in [0.15, 0.2) is 0 Å². The molecule has 0 heterocycles. The van der Waals surface area contributed by atoms with Crippen molar-refractivity contribution in [3.8, 4) is 0 Å². The molecule has 0 rings (SSSR count). The molecule has 0 aliphatic carbocycles. The van der Waals surface area contributed by atoms with Gasteiger partial charge in [-0.25, -0.2) is 0 Å². The van der Waals surface area contributed by atoms with E-state index in [1.54, 1.807) is 13.8 Å². The van der Waals surface area contributed by atoms with Crippen molar-refractivity contribution in [2.45, 2.75) is 26.7 Å². The molecule has 1 atom stereocenters. The van der Waals surface area contributed by atoms with Gasteiger partial charge in [-0.3, -0.25) is 9.36 Å². The van der Waals surface area contributed by atoms with Gasteiger partial charge in [-0.15, -0.1) is 0 Å². The lowest BCUT2D eigenvalue weighted by atomic mass is 10.7. The van der Waals surface area contributed by atoms with Gasteiger partial charge in [0, 0.05) is 14.0 Å². The van der Waals surface area contributed by atoms with E-state index >= 15 is 0 Å². The standard InChI is InChI=1S/C8H18NO5P/c1-5-13-15(11,14-6-2)8(12-4)9-7(3)10/h8H,5-6H2,1-4H3,(H,9,10). The number of methoxy groups -OCH3 is 1. The van der Waals surface area contributed by atoms with E-state index in [-0.39, 0.29) is 19.1 Å².